The molecule has 1 aromatic heterocycles. The van der Waals surface area contributed by atoms with Crippen LogP contribution in [-0.2, 0) is 24.3 Å². The molecular weight excluding hydrogens is 314 g/mol. The molecular formula is C12H19N3O6S. The van der Waals surface area contributed by atoms with Crippen molar-refractivity contribution >= 4 is 21.7 Å². The van der Waals surface area contributed by atoms with Gasteiger partial charge in [-0.3, -0.25) is 4.79 Å². The number of sulfonamides is 1. The molecule has 10 heteroatoms. The van der Waals surface area contributed by atoms with Crippen LogP contribution in [-0.4, -0.2) is 44.9 Å². The summed E-state index contributed by atoms with van der Waals surface area (Å²) in [6, 6.07) is 0. The number of hydrogen-bond donors (Lipinski definition) is 2. The highest BCUT2D eigenvalue weighted by atomic mass is 32.2. The van der Waals surface area contributed by atoms with Crippen molar-refractivity contribution in [3.05, 3.63) is 5.76 Å². The Morgan fingerprint density at radius 3 is 2.86 bits per heavy atom. The van der Waals surface area contributed by atoms with Gasteiger partial charge in [0.2, 0.25) is 0 Å². The maximum absolute atomic E-state index is 12.1. The number of anilines is 1. The monoisotopic (exact) mass is 333 g/mol. The van der Waals surface area contributed by atoms with Crippen LogP contribution in [0, 0.1) is 6.92 Å². The first-order valence-corrected chi connectivity index (χ1v) is 8.31. The molecule has 1 aliphatic heterocycles. The Labute approximate surface area is 128 Å². The van der Waals surface area contributed by atoms with Crippen LogP contribution < -0.4 is 10.5 Å². The van der Waals surface area contributed by atoms with E-state index in [0.717, 1.165) is 12.8 Å². The van der Waals surface area contributed by atoms with Gasteiger partial charge >= 0.3 is 0 Å². The summed E-state index contributed by atoms with van der Waals surface area (Å²) in [4.78, 5) is 11.6. The van der Waals surface area contributed by atoms with Gasteiger partial charge in [-0.25, -0.2) is 13.1 Å². The van der Waals surface area contributed by atoms with E-state index in [0.29, 0.717) is 6.61 Å². The van der Waals surface area contributed by atoms with E-state index in [9.17, 15) is 13.2 Å². The number of nitrogen functional groups attached to an aromatic ring is 1. The predicted octanol–water partition coefficient (Wildman–Crippen LogP) is -0.0458. The van der Waals surface area contributed by atoms with Crippen molar-refractivity contribution in [1.82, 2.24) is 9.88 Å². The highest BCUT2D eigenvalue weighted by Crippen LogP contribution is 2.21. The van der Waals surface area contributed by atoms with Gasteiger partial charge in [-0.2, -0.15) is 0 Å². The molecule has 0 radical (unpaired) electrons. The second-order valence-corrected chi connectivity index (χ2v) is 6.65. The van der Waals surface area contributed by atoms with Crippen molar-refractivity contribution < 1.29 is 27.2 Å². The number of aromatic nitrogens is 1. The van der Waals surface area contributed by atoms with Crippen LogP contribution in [0.25, 0.3) is 0 Å². The molecule has 0 saturated carbocycles. The lowest BCUT2D eigenvalue weighted by molar-refractivity contribution is -0.131. The first-order valence-electron chi connectivity index (χ1n) is 6.83. The van der Waals surface area contributed by atoms with Gasteiger partial charge in [0.1, 0.15) is 6.10 Å². The molecule has 0 bridgehead atoms. The molecule has 9 nitrogen and oxygen atoms in total. The summed E-state index contributed by atoms with van der Waals surface area (Å²) in [7, 11) is -4.15. The fourth-order valence-corrected chi connectivity index (χ4v) is 3.34. The third-order valence-corrected chi connectivity index (χ3v) is 4.77. The molecule has 1 aromatic rings. The summed E-state index contributed by atoms with van der Waals surface area (Å²) in [5.41, 5.74) is 5.44. The molecule has 124 valence electrons. The van der Waals surface area contributed by atoms with E-state index in [2.05, 4.69) is 9.68 Å². The van der Waals surface area contributed by atoms with E-state index in [4.69, 9.17) is 15.2 Å². The highest BCUT2D eigenvalue weighted by Gasteiger charge is 2.29. The fraction of sp³-hybridized carbons (Fsp3) is 0.667. The van der Waals surface area contributed by atoms with Crippen LogP contribution in [0.1, 0.15) is 25.5 Å². The number of carbonyl (C=O) groups is 1. The molecule has 1 amide bonds. The Morgan fingerprint density at radius 2 is 2.32 bits per heavy atom. The average Bonchev–Trinajstić information content (AvgIpc) is 3.05. The van der Waals surface area contributed by atoms with Crippen molar-refractivity contribution in [2.45, 2.75) is 43.8 Å². The van der Waals surface area contributed by atoms with E-state index in [1.807, 2.05) is 4.72 Å². The fourth-order valence-electron chi connectivity index (χ4n) is 2.08. The van der Waals surface area contributed by atoms with Crippen LogP contribution in [0.3, 0.4) is 0 Å². The Balaban J connectivity index is 1.95. The number of amides is 1. The largest absolute Gasteiger partial charge is 0.380 e. The number of ether oxygens (including phenoxy) is 2. The Kier molecular flexibility index (Phi) is 5.04. The molecule has 22 heavy (non-hydrogen) atoms. The molecule has 1 fully saturated rings. The van der Waals surface area contributed by atoms with Crippen LogP contribution in [0.15, 0.2) is 9.42 Å². The zero-order chi connectivity index (χ0) is 16.3. The minimum absolute atomic E-state index is 0.00530. The smallest absolute Gasteiger partial charge is 0.271 e. The Morgan fingerprint density at radius 1 is 1.59 bits per heavy atom. The molecule has 0 aromatic carbocycles. The van der Waals surface area contributed by atoms with Gasteiger partial charge in [0.15, 0.2) is 16.5 Å². The summed E-state index contributed by atoms with van der Waals surface area (Å²) in [5.74, 6) is -1.09. The third-order valence-electron chi connectivity index (χ3n) is 3.26. The second-order valence-electron chi connectivity index (χ2n) is 5.03. The van der Waals surface area contributed by atoms with Gasteiger partial charge in [-0.1, -0.05) is 5.16 Å². The number of nitrogens with two attached hydrogens (primary N) is 1. The molecule has 1 aliphatic rings. The van der Waals surface area contributed by atoms with Gasteiger partial charge < -0.3 is 19.7 Å². The quantitative estimate of drug-likeness (QED) is 0.740. The molecule has 2 rings (SSSR count). The summed E-state index contributed by atoms with van der Waals surface area (Å²) in [6.45, 7) is 3.77. The summed E-state index contributed by atoms with van der Waals surface area (Å²) in [6.07, 6.45) is 0.820. The second kappa shape index (κ2) is 6.63. The molecule has 2 atom stereocenters. The zero-order valence-corrected chi connectivity index (χ0v) is 13.2. The van der Waals surface area contributed by atoms with Crippen LogP contribution >= 0.6 is 0 Å². The summed E-state index contributed by atoms with van der Waals surface area (Å²) in [5, 5.41) is 3.35. The number of hydrogen-bond acceptors (Lipinski definition) is 8. The predicted molar refractivity (Wildman–Crippen MR) is 75.4 cm³/mol. The number of aryl methyl sites for hydroxylation is 1. The minimum atomic E-state index is -4.15. The van der Waals surface area contributed by atoms with Gasteiger partial charge in [0.05, 0.1) is 12.7 Å². The van der Waals surface area contributed by atoms with Gasteiger partial charge in [-0.15, -0.1) is 0 Å². The van der Waals surface area contributed by atoms with E-state index in [-0.39, 0.29) is 29.2 Å². The summed E-state index contributed by atoms with van der Waals surface area (Å²) < 4.78 is 41.5. The number of carbonyl (C=O) groups excluding carboxylic acids is 1. The van der Waals surface area contributed by atoms with E-state index in [1.54, 1.807) is 0 Å². The molecule has 0 aliphatic carbocycles. The first-order chi connectivity index (χ1) is 10.3. The van der Waals surface area contributed by atoms with Gasteiger partial charge in [0.25, 0.3) is 15.9 Å². The van der Waals surface area contributed by atoms with E-state index >= 15 is 0 Å². The Hall–Kier alpha value is -1.65. The highest BCUT2D eigenvalue weighted by molar-refractivity contribution is 7.90. The number of nitrogens with zero attached hydrogens (tertiary/aromatic N) is 1. The van der Waals surface area contributed by atoms with Crippen molar-refractivity contribution in [1.29, 1.82) is 0 Å². The summed E-state index contributed by atoms with van der Waals surface area (Å²) >= 11 is 0. The topological polar surface area (TPSA) is 134 Å². The first kappa shape index (κ1) is 16.7. The van der Waals surface area contributed by atoms with Gasteiger partial charge in [-0.05, 0) is 26.7 Å². The van der Waals surface area contributed by atoms with Crippen LogP contribution in [0.2, 0.25) is 0 Å². The maximum Gasteiger partial charge on any atom is 0.271 e. The lowest BCUT2D eigenvalue weighted by Gasteiger charge is -2.16. The Bertz CT molecular complexity index is 616. The van der Waals surface area contributed by atoms with Crippen molar-refractivity contribution in [2.24, 2.45) is 0 Å². The van der Waals surface area contributed by atoms with Crippen LogP contribution in [0.4, 0.5) is 5.82 Å². The lowest BCUT2D eigenvalue weighted by atomic mass is 10.2. The minimum Gasteiger partial charge on any atom is -0.380 e. The lowest BCUT2D eigenvalue weighted by Crippen LogP contribution is -2.39. The van der Waals surface area contributed by atoms with Crippen LogP contribution in [0.5, 0.6) is 0 Å². The number of rotatable bonds is 6. The molecule has 3 N–H and O–H groups in total. The average molecular weight is 333 g/mol. The molecule has 0 spiro atoms. The van der Waals surface area contributed by atoms with Crippen molar-refractivity contribution in [2.75, 3.05) is 18.9 Å². The zero-order valence-electron chi connectivity index (χ0n) is 12.4. The van der Waals surface area contributed by atoms with E-state index in [1.165, 1.54) is 13.8 Å². The molecule has 1 saturated heterocycles. The van der Waals surface area contributed by atoms with Crippen molar-refractivity contribution in [3.63, 3.8) is 0 Å². The molecule has 0 unspecified atom stereocenters. The van der Waals surface area contributed by atoms with Crippen molar-refractivity contribution in [3.8, 4) is 0 Å². The van der Waals surface area contributed by atoms with E-state index < -0.39 is 22.0 Å². The SMILES string of the molecule is Cc1onc(N)c1S(=O)(=O)NC(=O)[C@@H](C)OC[C@H]1CCCO1. The standard InChI is InChI=1S/C12H19N3O6S/c1-7-10(11(13)14-21-7)22(17,18)15-12(16)8(2)20-6-9-4-3-5-19-9/h8-9H,3-6H2,1-2H3,(H2,13,14)(H,15,16)/t8-,9-/m1/s1. The normalized spacial score (nSPS) is 20.0. The number of nitrogens with one attached hydrogen (secondary N) is 1. The third kappa shape index (κ3) is 3.76. The molecule has 2 heterocycles. The van der Waals surface area contributed by atoms with Gasteiger partial charge in [0, 0.05) is 6.61 Å². The maximum atomic E-state index is 12.1.